The summed E-state index contributed by atoms with van der Waals surface area (Å²) in [7, 11) is -3.51. The van der Waals surface area contributed by atoms with Gasteiger partial charge in [-0.25, -0.2) is 27.9 Å². The first-order chi connectivity index (χ1) is 6.89. The molecule has 2 N–H and O–H groups in total. The molecule has 0 saturated heterocycles. The molecule has 0 spiro atoms. The van der Waals surface area contributed by atoms with Crippen LogP contribution in [0.25, 0.3) is 0 Å². The normalized spacial score (nSPS) is 13.8. The summed E-state index contributed by atoms with van der Waals surface area (Å²) in [5.74, 6) is -0.106. The lowest BCUT2D eigenvalue weighted by Crippen LogP contribution is -2.26. The van der Waals surface area contributed by atoms with E-state index in [1.807, 2.05) is 0 Å². The lowest BCUT2D eigenvalue weighted by Gasteiger charge is -2.07. The Kier molecular flexibility index (Phi) is 3.70. The van der Waals surface area contributed by atoms with E-state index in [1.54, 1.807) is 0 Å². The average Bonchev–Trinajstić information content (AvgIpc) is 2.15. The van der Waals surface area contributed by atoms with Crippen molar-refractivity contribution in [1.29, 1.82) is 0 Å². The topological polar surface area (TPSA) is 85.9 Å². The number of aryl methyl sites for hydroxylation is 1. The molecule has 0 aliphatic heterocycles. The first-order valence-electron chi connectivity index (χ1n) is 4.37. The van der Waals surface area contributed by atoms with E-state index >= 15 is 0 Å². The van der Waals surface area contributed by atoms with Crippen LogP contribution in [0.3, 0.4) is 0 Å². The molecule has 5 nitrogen and oxygen atoms in total. The standard InChI is InChI=1S/C8H12FN3O2S/c1-6(15(10,13)14)2-3-8-11-4-7(9)5-12-8/h4-6H,2-3H2,1H3,(H2,10,13,14)/t6-/m1/s1. The van der Waals surface area contributed by atoms with E-state index in [2.05, 4.69) is 9.97 Å². The summed E-state index contributed by atoms with van der Waals surface area (Å²) in [5, 5.41) is 4.29. The predicted molar refractivity (Wildman–Crippen MR) is 52.9 cm³/mol. The van der Waals surface area contributed by atoms with Crippen molar-refractivity contribution in [2.45, 2.75) is 25.0 Å². The molecule has 0 aliphatic carbocycles. The van der Waals surface area contributed by atoms with Gasteiger partial charge >= 0.3 is 0 Å². The second-order valence-electron chi connectivity index (χ2n) is 3.26. The van der Waals surface area contributed by atoms with Crippen LogP contribution in [0.5, 0.6) is 0 Å². The fourth-order valence-corrected chi connectivity index (χ4v) is 1.41. The molecule has 15 heavy (non-hydrogen) atoms. The van der Waals surface area contributed by atoms with Gasteiger partial charge in [-0.1, -0.05) is 0 Å². The smallest absolute Gasteiger partial charge is 0.211 e. The van der Waals surface area contributed by atoms with Crippen LogP contribution in [0.15, 0.2) is 12.4 Å². The second kappa shape index (κ2) is 4.63. The average molecular weight is 233 g/mol. The number of hydrogen-bond donors (Lipinski definition) is 1. The maximum atomic E-state index is 12.4. The Hall–Kier alpha value is -1.08. The molecule has 1 aromatic heterocycles. The molecule has 0 radical (unpaired) electrons. The Morgan fingerprint density at radius 2 is 2.00 bits per heavy atom. The van der Waals surface area contributed by atoms with Gasteiger partial charge in [0.05, 0.1) is 17.6 Å². The monoisotopic (exact) mass is 233 g/mol. The zero-order chi connectivity index (χ0) is 11.5. The number of primary sulfonamides is 1. The van der Waals surface area contributed by atoms with Crippen LogP contribution in [0, 0.1) is 5.82 Å². The molecule has 0 saturated carbocycles. The minimum Gasteiger partial charge on any atom is -0.238 e. The molecule has 0 aliphatic rings. The van der Waals surface area contributed by atoms with Crippen LogP contribution in [0.1, 0.15) is 19.2 Å². The van der Waals surface area contributed by atoms with E-state index in [0.717, 1.165) is 12.4 Å². The second-order valence-corrected chi connectivity index (χ2v) is 5.24. The molecule has 84 valence electrons. The van der Waals surface area contributed by atoms with Crippen molar-refractivity contribution in [2.24, 2.45) is 5.14 Å². The van der Waals surface area contributed by atoms with Gasteiger partial charge in [-0.3, -0.25) is 0 Å². The molecule has 0 aromatic carbocycles. The molecule has 0 unspecified atom stereocenters. The number of sulfonamides is 1. The molecule has 1 atom stereocenters. The summed E-state index contributed by atoms with van der Waals surface area (Å²) in [6, 6.07) is 0. The molecule has 1 heterocycles. The van der Waals surface area contributed by atoms with Gasteiger partial charge in [0, 0.05) is 6.42 Å². The Balaban J connectivity index is 2.55. The van der Waals surface area contributed by atoms with Gasteiger partial charge in [0.25, 0.3) is 0 Å². The third-order valence-corrected chi connectivity index (χ3v) is 3.37. The number of nitrogens with two attached hydrogens (primary N) is 1. The summed E-state index contributed by atoms with van der Waals surface area (Å²) in [6.45, 7) is 1.51. The lowest BCUT2D eigenvalue weighted by molar-refractivity contribution is 0.575. The van der Waals surface area contributed by atoms with Gasteiger partial charge in [-0.15, -0.1) is 0 Å². The fraction of sp³-hybridized carbons (Fsp3) is 0.500. The van der Waals surface area contributed by atoms with Gasteiger partial charge < -0.3 is 0 Å². The molecule has 1 rings (SSSR count). The molecular formula is C8H12FN3O2S. The minimum absolute atomic E-state index is 0.324. The summed E-state index contributed by atoms with van der Waals surface area (Å²) < 4.78 is 34.2. The number of hydrogen-bond acceptors (Lipinski definition) is 4. The lowest BCUT2D eigenvalue weighted by atomic mass is 10.2. The summed E-state index contributed by atoms with van der Waals surface area (Å²) in [4.78, 5) is 7.42. The van der Waals surface area contributed by atoms with Gasteiger partial charge in [0.1, 0.15) is 5.82 Å². The Labute approximate surface area is 87.6 Å². The van der Waals surface area contributed by atoms with Crippen molar-refractivity contribution in [3.05, 3.63) is 24.0 Å². The highest BCUT2D eigenvalue weighted by atomic mass is 32.2. The van der Waals surface area contributed by atoms with Crippen molar-refractivity contribution >= 4 is 10.0 Å². The summed E-state index contributed by atoms with van der Waals surface area (Å²) >= 11 is 0. The first kappa shape index (κ1) is 12.0. The molecule has 0 amide bonds. The molecule has 1 aromatic rings. The van der Waals surface area contributed by atoms with Crippen molar-refractivity contribution in [3.63, 3.8) is 0 Å². The zero-order valence-corrected chi connectivity index (χ0v) is 9.04. The van der Waals surface area contributed by atoms with Crippen LogP contribution in [-0.4, -0.2) is 23.6 Å². The zero-order valence-electron chi connectivity index (χ0n) is 8.22. The first-order valence-corrected chi connectivity index (χ1v) is 5.98. The maximum Gasteiger partial charge on any atom is 0.211 e. The van der Waals surface area contributed by atoms with Gasteiger partial charge in [0.15, 0.2) is 5.82 Å². The largest absolute Gasteiger partial charge is 0.238 e. The van der Waals surface area contributed by atoms with E-state index in [1.165, 1.54) is 6.92 Å². The highest BCUT2D eigenvalue weighted by molar-refractivity contribution is 7.89. The van der Waals surface area contributed by atoms with Crippen LogP contribution >= 0.6 is 0 Å². The third kappa shape index (κ3) is 3.88. The van der Waals surface area contributed by atoms with E-state index < -0.39 is 21.1 Å². The molecule has 0 bridgehead atoms. The van der Waals surface area contributed by atoms with Crippen molar-refractivity contribution in [2.75, 3.05) is 0 Å². The molecular weight excluding hydrogens is 221 g/mol. The van der Waals surface area contributed by atoms with E-state index in [0.29, 0.717) is 18.7 Å². The Morgan fingerprint density at radius 3 is 2.47 bits per heavy atom. The van der Waals surface area contributed by atoms with E-state index in [4.69, 9.17) is 5.14 Å². The van der Waals surface area contributed by atoms with Crippen LogP contribution in [-0.2, 0) is 16.4 Å². The van der Waals surface area contributed by atoms with Gasteiger partial charge in [-0.2, -0.15) is 0 Å². The third-order valence-electron chi connectivity index (χ3n) is 2.01. The summed E-state index contributed by atoms with van der Waals surface area (Å²) in [5.41, 5.74) is 0. The number of halogens is 1. The Bertz CT molecular complexity index is 418. The highest BCUT2D eigenvalue weighted by Gasteiger charge is 2.15. The quantitative estimate of drug-likeness (QED) is 0.806. The number of nitrogens with zero attached hydrogens (tertiary/aromatic N) is 2. The summed E-state index contributed by atoms with van der Waals surface area (Å²) in [6.07, 6.45) is 2.77. The molecule has 7 heteroatoms. The van der Waals surface area contributed by atoms with Crippen LogP contribution in [0.4, 0.5) is 4.39 Å². The Morgan fingerprint density at radius 1 is 1.47 bits per heavy atom. The highest BCUT2D eigenvalue weighted by Crippen LogP contribution is 2.05. The van der Waals surface area contributed by atoms with E-state index in [-0.39, 0.29) is 0 Å². The van der Waals surface area contributed by atoms with Crippen molar-refractivity contribution < 1.29 is 12.8 Å². The van der Waals surface area contributed by atoms with Crippen LogP contribution in [0.2, 0.25) is 0 Å². The van der Waals surface area contributed by atoms with Crippen molar-refractivity contribution in [1.82, 2.24) is 9.97 Å². The minimum atomic E-state index is -3.51. The molecule has 0 fully saturated rings. The van der Waals surface area contributed by atoms with Crippen LogP contribution < -0.4 is 5.14 Å². The van der Waals surface area contributed by atoms with E-state index in [9.17, 15) is 12.8 Å². The van der Waals surface area contributed by atoms with Gasteiger partial charge in [0.2, 0.25) is 10.0 Å². The number of aromatic nitrogens is 2. The fourth-order valence-electron chi connectivity index (χ4n) is 0.965. The maximum absolute atomic E-state index is 12.4. The van der Waals surface area contributed by atoms with Gasteiger partial charge in [-0.05, 0) is 13.3 Å². The SMILES string of the molecule is C[C@H](CCc1ncc(F)cn1)S(N)(=O)=O. The van der Waals surface area contributed by atoms with Crippen molar-refractivity contribution in [3.8, 4) is 0 Å². The number of rotatable bonds is 4. The predicted octanol–water partition coefficient (Wildman–Crippen LogP) is 0.225.